The third-order valence-corrected chi connectivity index (χ3v) is 4.09. The quantitative estimate of drug-likeness (QED) is 0.739. The number of carboxylic acids is 1. The first-order valence-corrected chi connectivity index (χ1v) is 7.15. The summed E-state index contributed by atoms with van der Waals surface area (Å²) >= 11 is 0. The average Bonchev–Trinajstić information content (AvgIpc) is 2.37. The van der Waals surface area contributed by atoms with Crippen molar-refractivity contribution in [3.63, 3.8) is 0 Å². The fraction of sp³-hybridized carbons (Fsp3) is 0.857. The Morgan fingerprint density at radius 3 is 2.20 bits per heavy atom. The van der Waals surface area contributed by atoms with E-state index < -0.39 is 11.6 Å². The Labute approximate surface area is 120 Å². The van der Waals surface area contributed by atoms with E-state index in [-0.39, 0.29) is 18.4 Å². The Hall–Kier alpha value is -1.14. The molecule has 0 aromatic heterocycles. The number of amides is 1. The number of aliphatic carboxylic acids is 1. The van der Waals surface area contributed by atoms with Gasteiger partial charge in [-0.2, -0.15) is 0 Å². The summed E-state index contributed by atoms with van der Waals surface area (Å²) in [5, 5.41) is 19.5. The third kappa shape index (κ3) is 4.76. The van der Waals surface area contributed by atoms with Gasteiger partial charge in [-0.05, 0) is 32.2 Å². The van der Waals surface area contributed by atoms with E-state index in [1.165, 1.54) is 4.90 Å². The van der Waals surface area contributed by atoms with E-state index in [2.05, 4.69) is 0 Å². The Morgan fingerprint density at radius 2 is 1.80 bits per heavy atom. The molecule has 2 N–H and O–H groups in total. The Kier molecular flexibility index (Phi) is 5.95. The molecule has 0 unspecified atom stereocenters. The van der Waals surface area contributed by atoms with Gasteiger partial charge in [0.15, 0.2) is 0 Å². The second kappa shape index (κ2) is 7.04. The van der Waals surface area contributed by atoms with Crippen LogP contribution in [0.2, 0.25) is 0 Å². The molecule has 1 aliphatic rings. The molecule has 1 aliphatic carbocycles. The molecule has 0 atom stereocenters. The summed E-state index contributed by atoms with van der Waals surface area (Å²) in [6.45, 7) is 3.35. The highest BCUT2D eigenvalue weighted by atomic mass is 16.4. The van der Waals surface area contributed by atoms with Gasteiger partial charge in [0.1, 0.15) is 0 Å². The van der Waals surface area contributed by atoms with Crippen molar-refractivity contribution in [1.29, 1.82) is 0 Å². The van der Waals surface area contributed by atoms with Crippen molar-refractivity contribution in [2.24, 2.45) is 5.92 Å². The number of carboxylic acid groups (broad SMARTS) is 1. The van der Waals surface area contributed by atoms with Crippen LogP contribution in [0.5, 0.6) is 0 Å². The lowest BCUT2D eigenvalue weighted by molar-refractivity contribution is -0.145. The van der Waals surface area contributed by atoms with Gasteiger partial charge in [0, 0.05) is 20.6 Å². The molecule has 1 saturated carbocycles. The maximum absolute atomic E-state index is 11.7. The van der Waals surface area contributed by atoms with Crippen LogP contribution in [0.25, 0.3) is 0 Å². The van der Waals surface area contributed by atoms with Gasteiger partial charge in [-0.3, -0.25) is 14.5 Å². The van der Waals surface area contributed by atoms with Gasteiger partial charge < -0.3 is 15.1 Å². The molecule has 0 aromatic carbocycles. The summed E-state index contributed by atoms with van der Waals surface area (Å²) in [6, 6.07) is 0. The monoisotopic (exact) mass is 286 g/mol. The Bertz CT molecular complexity index is 349. The van der Waals surface area contributed by atoms with Crippen LogP contribution in [0.4, 0.5) is 0 Å². The van der Waals surface area contributed by atoms with Crippen LogP contribution in [0.15, 0.2) is 0 Å². The van der Waals surface area contributed by atoms with Crippen LogP contribution < -0.4 is 0 Å². The molecule has 1 rings (SSSR count). The number of carbonyl (C=O) groups is 2. The topological polar surface area (TPSA) is 81.1 Å². The highest BCUT2D eigenvalue weighted by molar-refractivity contribution is 5.77. The van der Waals surface area contributed by atoms with Crippen molar-refractivity contribution in [3.05, 3.63) is 0 Å². The first kappa shape index (κ1) is 16.9. The zero-order valence-electron chi connectivity index (χ0n) is 12.6. The van der Waals surface area contributed by atoms with Crippen LogP contribution in [-0.2, 0) is 9.59 Å². The number of likely N-dealkylation sites (N-methyl/N-ethyl adjacent to an activating group) is 2. The van der Waals surface area contributed by atoms with Crippen molar-refractivity contribution >= 4 is 11.9 Å². The number of aliphatic hydroxyl groups is 1. The average molecular weight is 286 g/mol. The van der Waals surface area contributed by atoms with Crippen LogP contribution in [-0.4, -0.2) is 71.2 Å². The summed E-state index contributed by atoms with van der Waals surface area (Å²) < 4.78 is 0. The smallest absolute Gasteiger partial charge is 0.306 e. The van der Waals surface area contributed by atoms with Gasteiger partial charge in [-0.1, -0.05) is 6.92 Å². The zero-order valence-corrected chi connectivity index (χ0v) is 12.6. The Balaban J connectivity index is 2.53. The first-order chi connectivity index (χ1) is 9.27. The molecule has 20 heavy (non-hydrogen) atoms. The summed E-state index contributed by atoms with van der Waals surface area (Å²) in [5.74, 6) is -1.11. The number of hydrogen-bond acceptors (Lipinski definition) is 4. The highest BCUT2D eigenvalue weighted by Gasteiger charge is 2.37. The number of nitrogens with zero attached hydrogens (tertiary/aromatic N) is 2. The van der Waals surface area contributed by atoms with Crippen LogP contribution in [0, 0.1) is 5.92 Å². The van der Waals surface area contributed by atoms with Crippen molar-refractivity contribution in [1.82, 2.24) is 9.80 Å². The lowest BCUT2D eigenvalue weighted by Crippen LogP contribution is -2.48. The third-order valence-electron chi connectivity index (χ3n) is 4.09. The van der Waals surface area contributed by atoms with Crippen molar-refractivity contribution in [2.45, 2.75) is 38.2 Å². The van der Waals surface area contributed by atoms with Crippen molar-refractivity contribution < 1.29 is 19.8 Å². The maximum atomic E-state index is 11.7. The highest BCUT2D eigenvalue weighted by Crippen LogP contribution is 2.32. The molecule has 6 heteroatoms. The molecule has 0 bridgehead atoms. The minimum atomic E-state index is -0.867. The molecule has 0 saturated heterocycles. The van der Waals surface area contributed by atoms with Gasteiger partial charge in [-0.15, -0.1) is 0 Å². The number of carbonyl (C=O) groups excluding carboxylic acids is 1. The molecule has 1 fully saturated rings. The predicted molar refractivity (Wildman–Crippen MR) is 75.4 cm³/mol. The van der Waals surface area contributed by atoms with Gasteiger partial charge in [0.2, 0.25) is 5.91 Å². The van der Waals surface area contributed by atoms with E-state index in [0.717, 1.165) is 0 Å². The fourth-order valence-corrected chi connectivity index (χ4v) is 2.59. The van der Waals surface area contributed by atoms with E-state index in [4.69, 9.17) is 5.11 Å². The standard InChI is InChI=1S/C14H26N2O4/c1-4-16(9-12(17)15(2)3)10-14(20)7-5-11(6-8-14)13(18)19/h11,20H,4-10H2,1-3H3,(H,18,19). The summed E-state index contributed by atoms with van der Waals surface area (Å²) in [5.41, 5.74) is -0.867. The van der Waals surface area contributed by atoms with E-state index in [1.807, 2.05) is 11.8 Å². The van der Waals surface area contributed by atoms with Gasteiger partial charge in [0.05, 0.1) is 18.1 Å². The minimum Gasteiger partial charge on any atom is -0.481 e. The maximum Gasteiger partial charge on any atom is 0.306 e. The molecule has 0 radical (unpaired) electrons. The fourth-order valence-electron chi connectivity index (χ4n) is 2.59. The molecule has 0 spiro atoms. The molecule has 0 aromatic rings. The van der Waals surface area contributed by atoms with Gasteiger partial charge in [0.25, 0.3) is 0 Å². The first-order valence-electron chi connectivity index (χ1n) is 7.15. The van der Waals surface area contributed by atoms with Crippen LogP contribution >= 0.6 is 0 Å². The number of hydrogen-bond donors (Lipinski definition) is 2. The van der Waals surface area contributed by atoms with Gasteiger partial charge in [-0.25, -0.2) is 0 Å². The summed E-state index contributed by atoms with van der Waals surface area (Å²) in [6.07, 6.45) is 1.98. The molecule has 0 heterocycles. The lowest BCUT2D eigenvalue weighted by Gasteiger charge is -2.38. The lowest BCUT2D eigenvalue weighted by atomic mass is 9.78. The van der Waals surface area contributed by atoms with E-state index in [0.29, 0.717) is 38.8 Å². The summed E-state index contributed by atoms with van der Waals surface area (Å²) in [4.78, 5) is 26.1. The van der Waals surface area contributed by atoms with Crippen molar-refractivity contribution in [3.8, 4) is 0 Å². The number of rotatable bonds is 6. The largest absolute Gasteiger partial charge is 0.481 e. The van der Waals surface area contributed by atoms with Gasteiger partial charge >= 0.3 is 5.97 Å². The van der Waals surface area contributed by atoms with Crippen LogP contribution in [0.1, 0.15) is 32.6 Å². The van der Waals surface area contributed by atoms with E-state index >= 15 is 0 Å². The molecule has 1 amide bonds. The summed E-state index contributed by atoms with van der Waals surface area (Å²) in [7, 11) is 3.42. The molecule has 116 valence electrons. The van der Waals surface area contributed by atoms with E-state index in [1.54, 1.807) is 14.1 Å². The Morgan fingerprint density at radius 1 is 1.25 bits per heavy atom. The second-order valence-corrected chi connectivity index (χ2v) is 5.93. The van der Waals surface area contributed by atoms with E-state index in [9.17, 15) is 14.7 Å². The second-order valence-electron chi connectivity index (χ2n) is 5.93. The normalized spacial score (nSPS) is 26.6. The van der Waals surface area contributed by atoms with Crippen molar-refractivity contribution in [2.75, 3.05) is 33.7 Å². The SMILES string of the molecule is CCN(CC(=O)N(C)C)CC1(O)CCC(C(=O)O)CC1. The zero-order chi connectivity index (χ0) is 15.3. The predicted octanol–water partition coefficient (Wildman–Crippen LogP) is 0.402. The minimum absolute atomic E-state index is 0.00896. The molecule has 6 nitrogen and oxygen atoms in total. The molecule has 0 aliphatic heterocycles. The molecular formula is C14H26N2O4. The van der Waals surface area contributed by atoms with Crippen LogP contribution in [0.3, 0.4) is 0 Å². The molecular weight excluding hydrogens is 260 g/mol.